The maximum atomic E-state index is 13.1. The number of halogens is 1. The largest absolute Gasteiger partial charge is 0.376 e. The first kappa shape index (κ1) is 14.1. The Labute approximate surface area is 127 Å². The number of hydrogen-bond acceptors (Lipinski definition) is 3. The number of fused-ring (bicyclic) bond motifs is 1. The molecule has 0 aliphatic carbocycles. The van der Waals surface area contributed by atoms with Gasteiger partial charge in [0.05, 0.1) is 5.69 Å². The van der Waals surface area contributed by atoms with Crippen LogP contribution in [0.4, 0.5) is 15.8 Å². The van der Waals surface area contributed by atoms with E-state index in [2.05, 4.69) is 10.3 Å². The fourth-order valence-corrected chi connectivity index (χ4v) is 2.12. The Kier molecular flexibility index (Phi) is 3.50. The number of aromatic nitrogens is 2. The van der Waals surface area contributed by atoms with Crippen molar-refractivity contribution < 1.29 is 9.18 Å². The van der Waals surface area contributed by atoms with Crippen molar-refractivity contribution in [2.75, 3.05) is 24.3 Å². The van der Waals surface area contributed by atoms with Crippen molar-refractivity contribution in [3.8, 4) is 0 Å². The van der Waals surface area contributed by atoms with Gasteiger partial charge in [-0.05, 0) is 30.3 Å². The van der Waals surface area contributed by atoms with Crippen LogP contribution in [0.15, 0.2) is 48.8 Å². The Hall–Kier alpha value is -2.89. The highest BCUT2D eigenvalue weighted by molar-refractivity contribution is 6.03. The van der Waals surface area contributed by atoms with Crippen molar-refractivity contribution >= 4 is 22.9 Å². The molecule has 112 valence electrons. The second-order valence-electron chi connectivity index (χ2n) is 5.14. The molecule has 5 nitrogen and oxygen atoms in total. The maximum absolute atomic E-state index is 13.1. The zero-order chi connectivity index (χ0) is 15.7. The molecule has 0 spiro atoms. The lowest BCUT2D eigenvalue weighted by Gasteiger charge is -2.11. The summed E-state index contributed by atoms with van der Waals surface area (Å²) in [6, 6.07) is 9.52. The van der Waals surface area contributed by atoms with Gasteiger partial charge in [-0.3, -0.25) is 4.79 Å². The first-order valence-corrected chi connectivity index (χ1v) is 6.76. The lowest BCUT2D eigenvalue weighted by Crippen LogP contribution is -2.12. The predicted molar refractivity (Wildman–Crippen MR) is 83.9 cm³/mol. The average molecular weight is 298 g/mol. The summed E-state index contributed by atoms with van der Waals surface area (Å²) in [7, 11) is 3.88. The van der Waals surface area contributed by atoms with Gasteiger partial charge in [0.15, 0.2) is 0 Å². The molecule has 0 unspecified atom stereocenters. The third-order valence-corrected chi connectivity index (χ3v) is 3.27. The van der Waals surface area contributed by atoms with Gasteiger partial charge in [-0.2, -0.15) is 0 Å². The summed E-state index contributed by atoms with van der Waals surface area (Å²) in [6.07, 6.45) is 3.54. The van der Waals surface area contributed by atoms with Gasteiger partial charge < -0.3 is 14.6 Å². The van der Waals surface area contributed by atoms with E-state index in [0.29, 0.717) is 11.3 Å². The molecule has 3 rings (SSSR count). The number of carbonyl (C=O) groups is 1. The van der Waals surface area contributed by atoms with Gasteiger partial charge in [0.2, 0.25) is 0 Å². The third-order valence-electron chi connectivity index (χ3n) is 3.27. The number of imidazole rings is 1. The standard InChI is InChI=1S/C16H15FN4O/c1-20(2)13-6-7-15-19-14(10-21(15)9-13)16(22)18-12-5-3-4-11(17)8-12/h3-10H,1-2H3,(H,18,22). The topological polar surface area (TPSA) is 49.6 Å². The fraction of sp³-hybridized carbons (Fsp3) is 0.125. The van der Waals surface area contributed by atoms with Crippen LogP contribution in [-0.2, 0) is 0 Å². The Morgan fingerprint density at radius 2 is 2.05 bits per heavy atom. The Morgan fingerprint density at radius 3 is 2.77 bits per heavy atom. The van der Waals surface area contributed by atoms with Crippen molar-refractivity contribution in [3.05, 3.63) is 60.3 Å². The third kappa shape index (κ3) is 2.76. The molecule has 1 N–H and O–H groups in total. The highest BCUT2D eigenvalue weighted by atomic mass is 19.1. The van der Waals surface area contributed by atoms with Crippen LogP contribution in [0.1, 0.15) is 10.5 Å². The van der Waals surface area contributed by atoms with E-state index >= 15 is 0 Å². The zero-order valence-corrected chi connectivity index (χ0v) is 12.2. The number of nitrogens with zero attached hydrogens (tertiary/aromatic N) is 3. The van der Waals surface area contributed by atoms with Crippen molar-refractivity contribution in [2.45, 2.75) is 0 Å². The average Bonchev–Trinajstić information content (AvgIpc) is 2.90. The van der Waals surface area contributed by atoms with Gasteiger partial charge in [0.1, 0.15) is 17.2 Å². The number of benzene rings is 1. The van der Waals surface area contributed by atoms with Crippen LogP contribution in [0.25, 0.3) is 5.65 Å². The molecule has 2 heterocycles. The number of rotatable bonds is 3. The van der Waals surface area contributed by atoms with Crippen molar-refractivity contribution in [1.82, 2.24) is 9.38 Å². The molecule has 0 radical (unpaired) electrons. The van der Waals surface area contributed by atoms with Gasteiger partial charge in [-0.15, -0.1) is 0 Å². The van der Waals surface area contributed by atoms with Crippen LogP contribution in [0.3, 0.4) is 0 Å². The molecule has 2 aromatic heterocycles. The molecule has 0 aliphatic rings. The molecule has 6 heteroatoms. The number of carbonyl (C=O) groups excluding carboxylic acids is 1. The highest BCUT2D eigenvalue weighted by Gasteiger charge is 2.12. The van der Waals surface area contributed by atoms with E-state index in [9.17, 15) is 9.18 Å². The summed E-state index contributed by atoms with van der Waals surface area (Å²) in [5.74, 6) is -0.774. The minimum absolute atomic E-state index is 0.278. The predicted octanol–water partition coefficient (Wildman–Crippen LogP) is 2.79. The van der Waals surface area contributed by atoms with E-state index < -0.39 is 5.82 Å². The highest BCUT2D eigenvalue weighted by Crippen LogP contribution is 2.15. The van der Waals surface area contributed by atoms with Gasteiger partial charge in [-0.1, -0.05) is 6.07 Å². The smallest absolute Gasteiger partial charge is 0.275 e. The Morgan fingerprint density at radius 1 is 1.23 bits per heavy atom. The Balaban J connectivity index is 1.88. The normalized spacial score (nSPS) is 10.7. The molecule has 22 heavy (non-hydrogen) atoms. The van der Waals surface area contributed by atoms with E-state index in [1.54, 1.807) is 16.7 Å². The van der Waals surface area contributed by atoms with Gasteiger partial charge in [0.25, 0.3) is 5.91 Å². The fourth-order valence-electron chi connectivity index (χ4n) is 2.12. The monoisotopic (exact) mass is 298 g/mol. The summed E-state index contributed by atoms with van der Waals surface area (Å²) in [5, 5.41) is 2.63. The Bertz CT molecular complexity index is 841. The zero-order valence-electron chi connectivity index (χ0n) is 12.2. The number of hydrogen-bond donors (Lipinski definition) is 1. The van der Waals surface area contributed by atoms with E-state index in [0.717, 1.165) is 5.69 Å². The first-order valence-electron chi connectivity index (χ1n) is 6.76. The molecule has 3 aromatic rings. The van der Waals surface area contributed by atoms with Gasteiger partial charge >= 0.3 is 0 Å². The van der Waals surface area contributed by atoms with Gasteiger partial charge in [0, 0.05) is 32.2 Å². The maximum Gasteiger partial charge on any atom is 0.275 e. The molecule has 0 saturated heterocycles. The summed E-state index contributed by atoms with van der Waals surface area (Å²) >= 11 is 0. The van der Waals surface area contributed by atoms with Crippen LogP contribution in [0.5, 0.6) is 0 Å². The first-order chi connectivity index (χ1) is 10.5. The quantitative estimate of drug-likeness (QED) is 0.809. The second-order valence-corrected chi connectivity index (χ2v) is 5.14. The summed E-state index contributed by atoms with van der Waals surface area (Å²) in [6.45, 7) is 0. The van der Waals surface area contributed by atoms with Crippen molar-refractivity contribution in [2.24, 2.45) is 0 Å². The van der Waals surface area contributed by atoms with Crippen LogP contribution >= 0.6 is 0 Å². The molecular formula is C16H15FN4O. The van der Waals surface area contributed by atoms with Gasteiger partial charge in [-0.25, -0.2) is 9.37 Å². The van der Waals surface area contributed by atoms with Crippen molar-refractivity contribution in [1.29, 1.82) is 0 Å². The molecule has 0 aliphatic heterocycles. The minimum Gasteiger partial charge on any atom is -0.376 e. The minimum atomic E-state index is -0.400. The summed E-state index contributed by atoms with van der Waals surface area (Å²) < 4.78 is 14.9. The molecule has 1 amide bonds. The molecular weight excluding hydrogens is 283 g/mol. The van der Waals surface area contributed by atoms with E-state index in [4.69, 9.17) is 0 Å². The second kappa shape index (κ2) is 5.48. The molecule has 0 fully saturated rings. The number of pyridine rings is 1. The summed E-state index contributed by atoms with van der Waals surface area (Å²) in [5.41, 5.74) is 2.35. The molecule has 0 bridgehead atoms. The number of anilines is 2. The van der Waals surface area contributed by atoms with Crippen molar-refractivity contribution in [3.63, 3.8) is 0 Å². The molecule has 1 aromatic carbocycles. The SMILES string of the molecule is CN(C)c1ccc2nc(C(=O)Nc3cccc(F)c3)cn2c1. The summed E-state index contributed by atoms with van der Waals surface area (Å²) in [4.78, 5) is 18.4. The van der Waals surface area contributed by atoms with Crippen LogP contribution in [-0.4, -0.2) is 29.4 Å². The van der Waals surface area contributed by atoms with Crippen LogP contribution in [0, 0.1) is 5.82 Å². The van der Waals surface area contributed by atoms with E-state index in [1.807, 2.05) is 37.3 Å². The van der Waals surface area contributed by atoms with Crippen LogP contribution in [0.2, 0.25) is 0 Å². The van der Waals surface area contributed by atoms with E-state index in [-0.39, 0.29) is 11.6 Å². The number of nitrogens with one attached hydrogen (secondary N) is 1. The van der Waals surface area contributed by atoms with Crippen LogP contribution < -0.4 is 10.2 Å². The number of amides is 1. The molecule has 0 saturated carbocycles. The lowest BCUT2D eigenvalue weighted by molar-refractivity contribution is 0.102. The van der Waals surface area contributed by atoms with E-state index in [1.165, 1.54) is 18.2 Å². The lowest BCUT2D eigenvalue weighted by atomic mass is 10.3. The molecule has 0 atom stereocenters.